The predicted octanol–water partition coefficient (Wildman–Crippen LogP) is 6.84. The number of fused-ring (bicyclic) bond motifs is 1. The molecule has 0 heterocycles. The molecule has 0 spiro atoms. The van der Waals surface area contributed by atoms with Gasteiger partial charge < -0.3 is 15.3 Å². The molecule has 0 amide bonds. The maximum Gasteiger partial charge on any atom is 0.416 e. The molecule has 2 N–H and O–H groups in total. The fourth-order valence-corrected chi connectivity index (χ4v) is 5.30. The van der Waals surface area contributed by atoms with Crippen molar-refractivity contribution in [2.75, 3.05) is 6.54 Å². The largest absolute Gasteiger partial charge is 0.481 e. The van der Waals surface area contributed by atoms with Crippen molar-refractivity contribution >= 4 is 23.3 Å². The molecule has 0 bridgehead atoms. The smallest absolute Gasteiger partial charge is 0.416 e. The second-order valence-corrected chi connectivity index (χ2v) is 9.89. The van der Waals surface area contributed by atoms with Crippen LogP contribution in [0.4, 0.5) is 13.2 Å². The zero-order valence-electron chi connectivity index (χ0n) is 20.0. The normalized spacial score (nSPS) is 17.4. The third kappa shape index (κ3) is 6.59. The van der Waals surface area contributed by atoms with Crippen LogP contribution in [0, 0.1) is 0 Å². The Labute approximate surface area is 213 Å². The summed E-state index contributed by atoms with van der Waals surface area (Å²) in [7, 11) is 0. The van der Waals surface area contributed by atoms with Gasteiger partial charge in [-0.3, -0.25) is 4.79 Å². The lowest BCUT2D eigenvalue weighted by Gasteiger charge is -2.25. The predicted molar refractivity (Wildman–Crippen MR) is 132 cm³/mol. The van der Waals surface area contributed by atoms with Crippen LogP contribution in [-0.2, 0) is 35.4 Å². The molecule has 0 saturated heterocycles. The molecule has 5 nitrogen and oxygen atoms in total. The summed E-state index contributed by atoms with van der Waals surface area (Å²) in [4.78, 5) is 16.1. The highest BCUT2D eigenvalue weighted by molar-refractivity contribution is 6.32. The van der Waals surface area contributed by atoms with E-state index in [1.807, 2.05) is 12.1 Å². The van der Waals surface area contributed by atoms with Crippen LogP contribution < -0.4 is 5.32 Å². The molecule has 4 rings (SSSR count). The van der Waals surface area contributed by atoms with Gasteiger partial charge in [-0.25, -0.2) is 0 Å². The minimum absolute atomic E-state index is 0.0322. The number of hydrogen-bond donors (Lipinski definition) is 2. The average molecular weight is 523 g/mol. The van der Waals surface area contributed by atoms with Crippen molar-refractivity contribution in [3.05, 3.63) is 68.7 Å². The van der Waals surface area contributed by atoms with Crippen molar-refractivity contribution in [2.45, 2.75) is 76.6 Å². The number of nitrogens with zero attached hydrogens (tertiary/aromatic N) is 1. The minimum atomic E-state index is -4.41. The van der Waals surface area contributed by atoms with Crippen LogP contribution in [0.3, 0.4) is 0 Å². The van der Waals surface area contributed by atoms with Gasteiger partial charge in [-0.05, 0) is 66.0 Å². The molecule has 1 fully saturated rings. The molecule has 2 aliphatic rings. The summed E-state index contributed by atoms with van der Waals surface area (Å²) in [6.45, 7) is 0.758. The van der Waals surface area contributed by atoms with E-state index in [4.69, 9.17) is 21.5 Å². The first-order valence-corrected chi connectivity index (χ1v) is 12.7. The van der Waals surface area contributed by atoms with E-state index in [0.717, 1.165) is 55.2 Å². The first kappa shape index (κ1) is 26.5. The lowest BCUT2D eigenvalue weighted by atomic mass is 9.81. The van der Waals surface area contributed by atoms with Gasteiger partial charge in [0.25, 0.3) is 0 Å². The Morgan fingerprint density at radius 3 is 2.64 bits per heavy atom. The topological polar surface area (TPSA) is 70.9 Å². The van der Waals surface area contributed by atoms with Gasteiger partial charge in [0.05, 0.1) is 17.7 Å². The lowest BCUT2D eigenvalue weighted by Crippen LogP contribution is -2.18. The summed E-state index contributed by atoms with van der Waals surface area (Å²) in [6.07, 6.45) is 1.66. The van der Waals surface area contributed by atoms with Crippen molar-refractivity contribution in [3.63, 3.8) is 0 Å². The van der Waals surface area contributed by atoms with Gasteiger partial charge in [0.2, 0.25) is 0 Å². The molecule has 9 heteroatoms. The Morgan fingerprint density at radius 1 is 1.14 bits per heavy atom. The number of oxime groups is 1. The number of carboxylic acid groups (broad SMARTS) is 1. The summed E-state index contributed by atoms with van der Waals surface area (Å²) in [5.74, 6) is -0.902. The van der Waals surface area contributed by atoms with E-state index in [2.05, 4.69) is 10.5 Å². The Bertz CT molecular complexity index is 1130. The minimum Gasteiger partial charge on any atom is -0.481 e. The van der Waals surface area contributed by atoms with Crippen LogP contribution in [0.25, 0.3) is 0 Å². The van der Waals surface area contributed by atoms with Crippen LogP contribution in [0.2, 0.25) is 5.02 Å². The van der Waals surface area contributed by atoms with Gasteiger partial charge in [0.15, 0.2) is 0 Å². The summed E-state index contributed by atoms with van der Waals surface area (Å²) in [5.41, 5.74) is 3.79. The maximum absolute atomic E-state index is 13.8. The zero-order valence-corrected chi connectivity index (χ0v) is 20.7. The Balaban J connectivity index is 1.42. The van der Waals surface area contributed by atoms with Gasteiger partial charge in [-0.1, -0.05) is 54.2 Å². The van der Waals surface area contributed by atoms with Crippen molar-refractivity contribution < 1.29 is 27.9 Å². The highest BCUT2D eigenvalue weighted by Gasteiger charge is 2.35. The van der Waals surface area contributed by atoms with Crippen molar-refractivity contribution in [2.24, 2.45) is 5.16 Å². The highest BCUT2D eigenvalue weighted by atomic mass is 35.5. The average Bonchev–Trinajstić information content (AvgIpc) is 3.23. The van der Waals surface area contributed by atoms with Gasteiger partial charge in [-0.15, -0.1) is 0 Å². The third-order valence-electron chi connectivity index (χ3n) is 6.92. The molecular formula is C27H30ClF3N2O3. The molecule has 0 aromatic heterocycles. The van der Waals surface area contributed by atoms with Crippen LogP contribution in [0.1, 0.15) is 84.2 Å². The van der Waals surface area contributed by atoms with E-state index in [9.17, 15) is 18.0 Å². The number of benzene rings is 2. The number of rotatable bonds is 9. The molecule has 36 heavy (non-hydrogen) atoms. The number of aryl methyl sites for hydroxylation is 1. The third-order valence-corrected chi connectivity index (χ3v) is 7.27. The summed E-state index contributed by atoms with van der Waals surface area (Å²) < 4.78 is 41.4. The SMILES string of the molecule is O=C(O)CCNCc1cc2c(cc1Cl)C(=NOCc1ccc(C3CCCCC3)c(C(F)(F)F)c1)CC2. The molecule has 0 atom stereocenters. The van der Waals surface area contributed by atoms with Gasteiger partial charge in [0, 0.05) is 23.7 Å². The Kier molecular flexibility index (Phi) is 8.57. The summed E-state index contributed by atoms with van der Waals surface area (Å²) in [5, 5.41) is 16.6. The number of halogens is 4. The zero-order chi connectivity index (χ0) is 25.7. The second-order valence-electron chi connectivity index (χ2n) is 9.49. The van der Waals surface area contributed by atoms with Crippen LogP contribution >= 0.6 is 11.6 Å². The quantitative estimate of drug-likeness (QED) is 0.279. The molecular weight excluding hydrogens is 493 g/mol. The Morgan fingerprint density at radius 2 is 1.92 bits per heavy atom. The maximum atomic E-state index is 13.8. The van der Waals surface area contributed by atoms with Gasteiger partial charge in [0.1, 0.15) is 6.61 Å². The van der Waals surface area contributed by atoms with Crippen molar-refractivity contribution in [1.82, 2.24) is 5.32 Å². The fourth-order valence-electron chi connectivity index (χ4n) is 5.07. The number of nitrogens with one attached hydrogen (secondary N) is 1. The van der Waals surface area contributed by atoms with Gasteiger partial charge >= 0.3 is 12.1 Å². The molecule has 0 aliphatic heterocycles. The summed E-state index contributed by atoms with van der Waals surface area (Å²) in [6, 6.07) is 8.32. The van der Waals surface area contributed by atoms with Crippen molar-refractivity contribution in [3.8, 4) is 0 Å². The number of alkyl halides is 3. The van der Waals surface area contributed by atoms with Crippen LogP contribution in [0.15, 0.2) is 35.5 Å². The van der Waals surface area contributed by atoms with E-state index >= 15 is 0 Å². The number of carboxylic acids is 1. The molecule has 0 unspecified atom stereocenters. The molecule has 0 radical (unpaired) electrons. The lowest BCUT2D eigenvalue weighted by molar-refractivity contribution is -0.139. The summed E-state index contributed by atoms with van der Waals surface area (Å²) >= 11 is 6.42. The van der Waals surface area contributed by atoms with Gasteiger partial charge in [-0.2, -0.15) is 13.2 Å². The van der Waals surface area contributed by atoms with Crippen molar-refractivity contribution in [1.29, 1.82) is 0 Å². The highest BCUT2D eigenvalue weighted by Crippen LogP contribution is 2.41. The Hall–Kier alpha value is -2.58. The second kappa shape index (κ2) is 11.6. The molecule has 194 valence electrons. The number of aliphatic carboxylic acids is 1. The number of hydrogen-bond acceptors (Lipinski definition) is 4. The molecule has 1 saturated carbocycles. The van der Waals surface area contributed by atoms with E-state index in [1.54, 1.807) is 12.1 Å². The monoisotopic (exact) mass is 522 g/mol. The molecule has 2 aliphatic carbocycles. The van der Waals surface area contributed by atoms with Crippen LogP contribution in [0.5, 0.6) is 0 Å². The first-order valence-electron chi connectivity index (χ1n) is 12.4. The molecule has 2 aromatic rings. The first-order chi connectivity index (χ1) is 17.2. The van der Waals surface area contributed by atoms with E-state index in [-0.39, 0.29) is 18.9 Å². The van der Waals surface area contributed by atoms with E-state index in [0.29, 0.717) is 41.4 Å². The number of carbonyl (C=O) groups is 1. The fraction of sp³-hybridized carbons (Fsp3) is 0.481. The standard InChI is InChI=1S/C27H30ClF3N2O3/c28-24-14-22-19(13-20(24)15-32-11-10-26(34)35)7-9-25(22)33-36-16-17-6-8-21(18-4-2-1-3-5-18)23(12-17)27(29,30)31/h6,8,12-14,18,32H,1-5,7,9-11,15-16H2,(H,34,35). The van der Waals surface area contributed by atoms with Crippen LogP contribution in [-0.4, -0.2) is 23.3 Å². The molecule has 2 aromatic carbocycles. The van der Waals surface area contributed by atoms with E-state index in [1.165, 1.54) is 6.07 Å². The van der Waals surface area contributed by atoms with E-state index < -0.39 is 17.7 Å².